The summed E-state index contributed by atoms with van der Waals surface area (Å²) < 4.78 is 0. The Morgan fingerprint density at radius 3 is 2.00 bits per heavy atom. The molecular formula is C13H24N2O2. The smallest absolute Gasteiger partial charge is 0.249 e. The Morgan fingerprint density at radius 2 is 1.65 bits per heavy atom. The van der Waals surface area contributed by atoms with Crippen molar-refractivity contribution >= 4 is 11.8 Å². The van der Waals surface area contributed by atoms with Gasteiger partial charge in [-0.05, 0) is 40.5 Å². The number of rotatable bonds is 3. The molecule has 4 heteroatoms. The standard InChI is InChI=1S/C13H24N2O2/c1-7-13(8-2)11(17)15(9(3)4)12(5,6)10(16)14-13/h9H,7-8H2,1-6H3,(H,14,16). The molecule has 0 aromatic carbocycles. The van der Waals surface area contributed by atoms with Crippen molar-refractivity contribution in [2.75, 3.05) is 0 Å². The third-order valence-corrected chi connectivity index (χ3v) is 3.86. The van der Waals surface area contributed by atoms with Gasteiger partial charge in [0.05, 0.1) is 0 Å². The van der Waals surface area contributed by atoms with Crippen LogP contribution in [0.4, 0.5) is 0 Å². The second kappa shape index (κ2) is 4.31. The summed E-state index contributed by atoms with van der Waals surface area (Å²) in [5, 5.41) is 2.92. The Balaban J connectivity index is 3.25. The zero-order valence-corrected chi connectivity index (χ0v) is 11.8. The molecule has 1 fully saturated rings. The number of carbonyl (C=O) groups excluding carboxylic acids is 2. The van der Waals surface area contributed by atoms with Gasteiger partial charge in [0, 0.05) is 6.04 Å². The van der Waals surface area contributed by atoms with Crippen LogP contribution in [0, 0.1) is 0 Å². The zero-order chi connectivity index (χ0) is 13.4. The van der Waals surface area contributed by atoms with Crippen LogP contribution in [-0.2, 0) is 9.59 Å². The summed E-state index contributed by atoms with van der Waals surface area (Å²) in [5.41, 5.74) is -1.48. The molecule has 1 rings (SSSR count). The van der Waals surface area contributed by atoms with Crippen molar-refractivity contribution in [2.24, 2.45) is 0 Å². The number of piperazine rings is 1. The van der Waals surface area contributed by atoms with Gasteiger partial charge < -0.3 is 10.2 Å². The highest BCUT2D eigenvalue weighted by Gasteiger charge is 2.53. The van der Waals surface area contributed by atoms with E-state index < -0.39 is 11.1 Å². The SMILES string of the molecule is CCC1(CC)NC(=O)C(C)(C)N(C(C)C)C1=O. The minimum absolute atomic E-state index is 0.0287. The lowest BCUT2D eigenvalue weighted by Crippen LogP contribution is -2.75. The topological polar surface area (TPSA) is 49.4 Å². The van der Waals surface area contributed by atoms with Crippen LogP contribution in [0.25, 0.3) is 0 Å². The Bertz CT molecular complexity index is 330. The maximum Gasteiger partial charge on any atom is 0.249 e. The van der Waals surface area contributed by atoms with E-state index in [0.29, 0.717) is 12.8 Å². The Kier molecular flexibility index (Phi) is 3.55. The first-order chi connectivity index (χ1) is 7.73. The quantitative estimate of drug-likeness (QED) is 0.816. The highest BCUT2D eigenvalue weighted by molar-refractivity contribution is 6.02. The first-order valence-corrected chi connectivity index (χ1v) is 6.39. The fraction of sp³-hybridized carbons (Fsp3) is 0.846. The average Bonchev–Trinajstić information content (AvgIpc) is 2.23. The highest BCUT2D eigenvalue weighted by Crippen LogP contribution is 2.31. The average molecular weight is 240 g/mol. The second-order valence-electron chi connectivity index (χ2n) is 5.57. The van der Waals surface area contributed by atoms with E-state index in [-0.39, 0.29) is 17.9 Å². The molecule has 1 aliphatic heterocycles. The van der Waals surface area contributed by atoms with Gasteiger partial charge in [-0.3, -0.25) is 9.59 Å². The van der Waals surface area contributed by atoms with Gasteiger partial charge in [0.15, 0.2) is 0 Å². The van der Waals surface area contributed by atoms with Crippen molar-refractivity contribution < 1.29 is 9.59 Å². The molecule has 0 atom stereocenters. The molecule has 1 saturated heterocycles. The Labute approximate surface area is 104 Å². The fourth-order valence-corrected chi connectivity index (χ4v) is 2.63. The van der Waals surface area contributed by atoms with Crippen LogP contribution in [0.5, 0.6) is 0 Å². The van der Waals surface area contributed by atoms with Crippen LogP contribution >= 0.6 is 0 Å². The van der Waals surface area contributed by atoms with Crippen molar-refractivity contribution in [3.05, 3.63) is 0 Å². The van der Waals surface area contributed by atoms with E-state index in [9.17, 15) is 9.59 Å². The van der Waals surface area contributed by atoms with E-state index in [1.165, 1.54) is 0 Å². The normalized spacial score (nSPS) is 22.9. The monoisotopic (exact) mass is 240 g/mol. The summed E-state index contributed by atoms with van der Waals surface area (Å²) in [7, 11) is 0. The molecule has 1 heterocycles. The molecule has 0 aromatic rings. The van der Waals surface area contributed by atoms with Gasteiger partial charge in [0.1, 0.15) is 11.1 Å². The van der Waals surface area contributed by atoms with Gasteiger partial charge in [-0.1, -0.05) is 13.8 Å². The summed E-state index contributed by atoms with van der Waals surface area (Å²) in [5.74, 6) is -0.0170. The predicted octanol–water partition coefficient (Wildman–Crippen LogP) is 1.69. The van der Waals surface area contributed by atoms with Gasteiger partial charge in [0.25, 0.3) is 0 Å². The van der Waals surface area contributed by atoms with Gasteiger partial charge >= 0.3 is 0 Å². The van der Waals surface area contributed by atoms with Crippen molar-refractivity contribution in [2.45, 2.75) is 71.5 Å². The molecule has 0 bridgehead atoms. The number of hydrogen-bond donors (Lipinski definition) is 1. The minimum atomic E-state index is -0.765. The van der Waals surface area contributed by atoms with Crippen LogP contribution in [0.2, 0.25) is 0 Å². The molecule has 98 valence electrons. The van der Waals surface area contributed by atoms with E-state index in [2.05, 4.69) is 5.32 Å². The zero-order valence-electron chi connectivity index (χ0n) is 11.8. The van der Waals surface area contributed by atoms with Crippen LogP contribution in [0.15, 0.2) is 0 Å². The highest BCUT2D eigenvalue weighted by atomic mass is 16.2. The lowest BCUT2D eigenvalue weighted by Gasteiger charge is -2.51. The number of nitrogens with zero attached hydrogens (tertiary/aromatic N) is 1. The van der Waals surface area contributed by atoms with Gasteiger partial charge in [0.2, 0.25) is 11.8 Å². The predicted molar refractivity (Wildman–Crippen MR) is 67.5 cm³/mol. The Hall–Kier alpha value is -1.06. The number of nitrogens with one attached hydrogen (secondary N) is 1. The molecule has 1 N–H and O–H groups in total. The van der Waals surface area contributed by atoms with Crippen molar-refractivity contribution in [3.63, 3.8) is 0 Å². The van der Waals surface area contributed by atoms with E-state index in [1.807, 2.05) is 27.7 Å². The van der Waals surface area contributed by atoms with Crippen LogP contribution < -0.4 is 5.32 Å². The molecule has 4 nitrogen and oxygen atoms in total. The first kappa shape index (κ1) is 14.0. The van der Waals surface area contributed by atoms with Gasteiger partial charge in [-0.2, -0.15) is 0 Å². The van der Waals surface area contributed by atoms with Crippen molar-refractivity contribution in [3.8, 4) is 0 Å². The largest absolute Gasteiger partial charge is 0.340 e. The molecule has 0 unspecified atom stereocenters. The van der Waals surface area contributed by atoms with E-state index >= 15 is 0 Å². The van der Waals surface area contributed by atoms with E-state index in [4.69, 9.17) is 0 Å². The molecule has 2 amide bonds. The molecular weight excluding hydrogens is 216 g/mol. The van der Waals surface area contributed by atoms with E-state index in [1.54, 1.807) is 18.7 Å². The van der Waals surface area contributed by atoms with Crippen LogP contribution in [-0.4, -0.2) is 33.8 Å². The third kappa shape index (κ3) is 1.94. The summed E-state index contributed by atoms with van der Waals surface area (Å²) in [4.78, 5) is 26.5. The summed E-state index contributed by atoms with van der Waals surface area (Å²) in [6.45, 7) is 11.4. The molecule has 0 radical (unpaired) electrons. The second-order valence-corrected chi connectivity index (χ2v) is 5.57. The van der Waals surface area contributed by atoms with Crippen LogP contribution in [0.1, 0.15) is 54.4 Å². The number of hydrogen-bond acceptors (Lipinski definition) is 2. The lowest BCUT2D eigenvalue weighted by atomic mass is 9.82. The van der Waals surface area contributed by atoms with Gasteiger partial charge in [-0.15, -0.1) is 0 Å². The molecule has 0 aromatic heterocycles. The number of amides is 2. The molecule has 1 aliphatic rings. The molecule has 17 heavy (non-hydrogen) atoms. The summed E-state index contributed by atoms with van der Waals surface area (Å²) >= 11 is 0. The van der Waals surface area contributed by atoms with E-state index in [0.717, 1.165) is 0 Å². The molecule has 0 spiro atoms. The fourth-order valence-electron chi connectivity index (χ4n) is 2.63. The minimum Gasteiger partial charge on any atom is -0.340 e. The summed E-state index contributed by atoms with van der Waals surface area (Å²) in [6.07, 6.45) is 1.26. The first-order valence-electron chi connectivity index (χ1n) is 6.39. The summed E-state index contributed by atoms with van der Waals surface area (Å²) in [6, 6.07) is 0.0287. The third-order valence-electron chi connectivity index (χ3n) is 3.86. The molecule has 0 aliphatic carbocycles. The van der Waals surface area contributed by atoms with Crippen molar-refractivity contribution in [1.29, 1.82) is 0 Å². The van der Waals surface area contributed by atoms with Crippen molar-refractivity contribution in [1.82, 2.24) is 10.2 Å². The van der Waals surface area contributed by atoms with Crippen LogP contribution in [0.3, 0.4) is 0 Å². The molecule has 0 saturated carbocycles. The van der Waals surface area contributed by atoms with Gasteiger partial charge in [-0.25, -0.2) is 0 Å². The maximum atomic E-state index is 12.6. The Morgan fingerprint density at radius 1 is 1.18 bits per heavy atom. The maximum absolute atomic E-state index is 12.6. The lowest BCUT2D eigenvalue weighted by molar-refractivity contribution is -0.164. The number of carbonyl (C=O) groups is 2.